The Labute approximate surface area is 154 Å². The van der Waals surface area contributed by atoms with E-state index in [1.807, 2.05) is 0 Å². The van der Waals surface area contributed by atoms with Crippen molar-refractivity contribution in [2.24, 2.45) is 5.10 Å². The molecule has 2 aromatic rings. The first-order valence-electron chi connectivity index (χ1n) is 7.88. The van der Waals surface area contributed by atoms with Gasteiger partial charge in [0.05, 0.1) is 11.3 Å². The first-order chi connectivity index (χ1) is 12.3. The summed E-state index contributed by atoms with van der Waals surface area (Å²) in [5.41, 5.74) is 0.110. The number of halogens is 1. The second-order valence-electron chi connectivity index (χ2n) is 6.14. The molecule has 1 N–H and O–H groups in total. The van der Waals surface area contributed by atoms with Crippen molar-refractivity contribution in [3.63, 3.8) is 0 Å². The maximum Gasteiger partial charge on any atom is 0.269 e. The minimum Gasteiger partial charge on any atom is -0.365 e. The lowest BCUT2D eigenvalue weighted by Gasteiger charge is -2.31. The molecule has 2 aromatic carbocycles. The minimum absolute atomic E-state index is 0.0370. The number of hydrogen-bond acceptors (Lipinski definition) is 5. The predicted molar refractivity (Wildman–Crippen MR) is 96.7 cm³/mol. The smallest absolute Gasteiger partial charge is 0.269 e. The third-order valence-corrected chi connectivity index (χ3v) is 4.42. The highest BCUT2D eigenvalue weighted by atomic mass is 35.5. The highest BCUT2D eigenvalue weighted by molar-refractivity contribution is 6.30. The Morgan fingerprint density at radius 3 is 2.46 bits per heavy atom. The molecule has 0 bridgehead atoms. The lowest BCUT2D eigenvalue weighted by Crippen LogP contribution is -2.44. The maximum absolute atomic E-state index is 12.7. The molecule has 1 atom stereocenters. The van der Waals surface area contributed by atoms with Crippen LogP contribution in [0.1, 0.15) is 24.5 Å². The minimum atomic E-state index is -1.58. The molecule has 26 heavy (non-hydrogen) atoms. The molecule has 1 aliphatic heterocycles. The summed E-state index contributed by atoms with van der Waals surface area (Å²) in [6, 6.07) is 12.3. The van der Waals surface area contributed by atoms with Gasteiger partial charge in [-0.3, -0.25) is 14.9 Å². The summed E-state index contributed by atoms with van der Waals surface area (Å²) < 4.78 is 0. The third-order valence-electron chi connectivity index (χ3n) is 4.17. The first-order valence-corrected chi connectivity index (χ1v) is 8.26. The largest absolute Gasteiger partial charge is 0.365 e. The monoisotopic (exact) mass is 373 g/mol. The van der Waals surface area contributed by atoms with Crippen LogP contribution >= 0.6 is 11.6 Å². The molecule has 1 aliphatic rings. The van der Waals surface area contributed by atoms with Crippen molar-refractivity contribution in [3.8, 4) is 0 Å². The van der Waals surface area contributed by atoms with Crippen molar-refractivity contribution in [1.29, 1.82) is 0 Å². The van der Waals surface area contributed by atoms with Gasteiger partial charge < -0.3 is 5.11 Å². The van der Waals surface area contributed by atoms with Crippen LogP contribution in [0, 0.1) is 10.1 Å². The van der Waals surface area contributed by atoms with Gasteiger partial charge in [-0.15, -0.1) is 0 Å². The van der Waals surface area contributed by atoms with Crippen LogP contribution in [0.15, 0.2) is 53.6 Å². The molecule has 0 saturated heterocycles. The van der Waals surface area contributed by atoms with Gasteiger partial charge in [0.25, 0.3) is 5.69 Å². The van der Waals surface area contributed by atoms with E-state index in [9.17, 15) is 20.0 Å². The Kier molecular flexibility index (Phi) is 4.76. The Balaban J connectivity index is 1.84. The molecular formula is C18H16ClN3O4. The fourth-order valence-electron chi connectivity index (χ4n) is 2.91. The number of carbonyl (C=O) groups excluding carboxylic acids is 1. The summed E-state index contributed by atoms with van der Waals surface area (Å²) in [5.74, 6) is -0.409. The van der Waals surface area contributed by atoms with Crippen molar-refractivity contribution >= 4 is 28.9 Å². The zero-order valence-electron chi connectivity index (χ0n) is 13.9. The second kappa shape index (κ2) is 6.86. The van der Waals surface area contributed by atoms with E-state index in [-0.39, 0.29) is 18.5 Å². The lowest BCUT2D eigenvalue weighted by atomic mass is 9.97. The van der Waals surface area contributed by atoms with Gasteiger partial charge >= 0.3 is 0 Å². The maximum atomic E-state index is 12.7. The molecule has 0 spiro atoms. The topological polar surface area (TPSA) is 96.0 Å². The number of rotatable bonds is 4. The van der Waals surface area contributed by atoms with Gasteiger partial charge in [-0.25, -0.2) is 0 Å². The zero-order chi connectivity index (χ0) is 18.9. The molecule has 8 heteroatoms. The molecule has 1 heterocycles. The molecule has 0 aromatic heterocycles. The van der Waals surface area contributed by atoms with E-state index in [4.69, 9.17) is 11.6 Å². The Morgan fingerprint density at radius 2 is 1.88 bits per heavy atom. The van der Waals surface area contributed by atoms with Crippen molar-refractivity contribution in [3.05, 3.63) is 74.8 Å². The van der Waals surface area contributed by atoms with Crippen LogP contribution in [-0.2, 0) is 16.9 Å². The van der Waals surface area contributed by atoms with E-state index in [1.54, 1.807) is 31.2 Å². The Hall–Kier alpha value is -2.77. The number of hydrogen-bond donors (Lipinski definition) is 1. The fourth-order valence-corrected chi connectivity index (χ4v) is 3.03. The van der Waals surface area contributed by atoms with Crippen molar-refractivity contribution in [2.45, 2.75) is 25.5 Å². The molecule has 0 radical (unpaired) electrons. The molecule has 0 aliphatic carbocycles. The van der Waals surface area contributed by atoms with Crippen LogP contribution in [-0.4, -0.2) is 26.7 Å². The Bertz CT molecular complexity index is 880. The van der Waals surface area contributed by atoms with Crippen LogP contribution in [0.3, 0.4) is 0 Å². The summed E-state index contributed by atoms with van der Waals surface area (Å²) in [4.78, 5) is 22.9. The van der Waals surface area contributed by atoms with Gasteiger partial charge in [-0.2, -0.15) is 10.1 Å². The van der Waals surface area contributed by atoms with E-state index in [1.165, 1.54) is 24.3 Å². The van der Waals surface area contributed by atoms with E-state index < -0.39 is 16.6 Å². The number of benzene rings is 2. The van der Waals surface area contributed by atoms with Crippen molar-refractivity contribution < 1.29 is 14.8 Å². The first kappa shape index (κ1) is 18.0. The average Bonchev–Trinajstić information content (AvgIpc) is 2.91. The van der Waals surface area contributed by atoms with E-state index in [0.29, 0.717) is 21.9 Å². The Morgan fingerprint density at radius 1 is 1.27 bits per heavy atom. The van der Waals surface area contributed by atoms with Crippen LogP contribution in [0.5, 0.6) is 0 Å². The van der Waals surface area contributed by atoms with Crippen molar-refractivity contribution in [1.82, 2.24) is 5.01 Å². The van der Waals surface area contributed by atoms with E-state index in [2.05, 4.69) is 5.10 Å². The standard InChI is InChI=1S/C18H16ClN3O4/c1-12-11-18(24,14-4-6-15(19)7-5-14)21(20-12)17(23)10-13-2-8-16(9-3-13)22(25)26/h2-9,24H,10-11H2,1H3/t18-/m1/s1. The molecule has 7 nitrogen and oxygen atoms in total. The van der Waals surface area contributed by atoms with Gasteiger partial charge in [0.2, 0.25) is 5.91 Å². The summed E-state index contributed by atoms with van der Waals surface area (Å²) in [7, 11) is 0. The normalized spacial score (nSPS) is 19.3. The van der Waals surface area contributed by atoms with E-state index in [0.717, 1.165) is 5.01 Å². The summed E-state index contributed by atoms with van der Waals surface area (Å²) in [6.45, 7) is 1.74. The SMILES string of the molecule is CC1=NN(C(=O)Cc2ccc([N+](=O)[O-])cc2)[C@](O)(c2ccc(Cl)cc2)C1. The van der Waals surface area contributed by atoms with Crippen LogP contribution in [0.4, 0.5) is 5.69 Å². The van der Waals surface area contributed by atoms with Gasteiger partial charge in [-0.05, 0) is 24.6 Å². The molecule has 134 valence electrons. The summed E-state index contributed by atoms with van der Waals surface area (Å²) >= 11 is 5.89. The third kappa shape index (κ3) is 3.44. The lowest BCUT2D eigenvalue weighted by molar-refractivity contribution is -0.384. The number of amides is 1. The van der Waals surface area contributed by atoms with Gasteiger partial charge in [0.1, 0.15) is 0 Å². The van der Waals surface area contributed by atoms with Crippen LogP contribution < -0.4 is 0 Å². The highest BCUT2D eigenvalue weighted by Gasteiger charge is 2.44. The van der Waals surface area contributed by atoms with Crippen LogP contribution in [0.2, 0.25) is 5.02 Å². The average molecular weight is 374 g/mol. The quantitative estimate of drug-likeness (QED) is 0.657. The van der Waals surface area contributed by atoms with Gasteiger partial charge in [-0.1, -0.05) is 35.9 Å². The summed E-state index contributed by atoms with van der Waals surface area (Å²) in [5, 5.41) is 27.6. The van der Waals surface area contributed by atoms with Crippen LogP contribution in [0.25, 0.3) is 0 Å². The molecule has 3 rings (SSSR count). The molecular weight excluding hydrogens is 358 g/mol. The summed E-state index contributed by atoms with van der Waals surface area (Å²) in [6.07, 6.45) is 0.158. The number of hydrazone groups is 1. The fraction of sp³-hybridized carbons (Fsp3) is 0.222. The molecule has 0 fully saturated rings. The second-order valence-corrected chi connectivity index (χ2v) is 6.58. The molecule has 1 amide bonds. The van der Waals surface area contributed by atoms with Gasteiger partial charge in [0, 0.05) is 34.9 Å². The van der Waals surface area contributed by atoms with Crippen molar-refractivity contribution in [2.75, 3.05) is 0 Å². The number of nitrogens with zero attached hydrogens (tertiary/aromatic N) is 3. The number of aliphatic hydroxyl groups is 1. The number of non-ortho nitro benzene ring substituents is 1. The highest BCUT2D eigenvalue weighted by Crippen LogP contribution is 2.36. The number of nitro groups is 1. The molecule has 0 saturated carbocycles. The predicted octanol–water partition coefficient (Wildman–Crippen LogP) is 3.24. The number of carbonyl (C=O) groups is 1. The van der Waals surface area contributed by atoms with Gasteiger partial charge in [0.15, 0.2) is 5.72 Å². The van der Waals surface area contributed by atoms with E-state index >= 15 is 0 Å². The molecule has 0 unspecified atom stereocenters. The number of nitro benzene ring substituents is 1. The zero-order valence-corrected chi connectivity index (χ0v) is 14.7.